The summed E-state index contributed by atoms with van der Waals surface area (Å²) in [6.07, 6.45) is 42.0. The number of hydrogen-bond acceptors (Lipinski definition) is 1. The first-order chi connectivity index (χ1) is 17.2. The maximum Gasteiger partial charge on any atom is -0.00773 e. The summed E-state index contributed by atoms with van der Waals surface area (Å²) in [5, 5.41) is 0. The van der Waals surface area contributed by atoms with Gasteiger partial charge in [0.25, 0.3) is 0 Å². The van der Waals surface area contributed by atoms with Gasteiger partial charge in [-0.25, -0.2) is 0 Å². The Morgan fingerprint density at radius 1 is 0.314 bits per heavy atom. The minimum absolute atomic E-state index is 0.666. The Labute approximate surface area is 224 Å². The van der Waals surface area contributed by atoms with E-state index in [1.165, 1.54) is 186 Å². The lowest BCUT2D eigenvalue weighted by Crippen LogP contribution is -2.21. The van der Waals surface area contributed by atoms with E-state index in [1.807, 2.05) is 0 Å². The summed E-state index contributed by atoms with van der Waals surface area (Å²) in [6, 6.07) is 0. The average molecular weight is 494 g/mol. The third kappa shape index (κ3) is 24.1. The van der Waals surface area contributed by atoms with Crippen LogP contribution in [0.5, 0.6) is 0 Å². The molecule has 0 unspecified atom stereocenters. The van der Waals surface area contributed by atoms with Gasteiger partial charge in [-0.2, -0.15) is 0 Å². The molecule has 1 heteroatoms. The molecule has 0 amide bonds. The van der Waals surface area contributed by atoms with Crippen LogP contribution in [-0.2, 0) is 0 Å². The molecule has 0 aromatic carbocycles. The van der Waals surface area contributed by atoms with E-state index in [1.54, 1.807) is 0 Å². The largest absolute Gasteiger partial charge is 0.330 e. The van der Waals surface area contributed by atoms with Gasteiger partial charge in [0.2, 0.25) is 0 Å². The van der Waals surface area contributed by atoms with Gasteiger partial charge >= 0.3 is 0 Å². The molecule has 0 aromatic heterocycles. The van der Waals surface area contributed by atoms with Crippen LogP contribution in [0.4, 0.5) is 0 Å². The first-order valence-corrected chi connectivity index (χ1v) is 16.9. The molecule has 0 aliphatic heterocycles. The topological polar surface area (TPSA) is 26.0 Å². The van der Waals surface area contributed by atoms with E-state index in [0.29, 0.717) is 5.41 Å². The molecule has 0 fully saturated rings. The zero-order valence-corrected chi connectivity index (χ0v) is 25.3. The first-order valence-electron chi connectivity index (χ1n) is 16.9. The lowest BCUT2D eigenvalue weighted by atomic mass is 9.70. The van der Waals surface area contributed by atoms with Gasteiger partial charge in [0, 0.05) is 0 Å². The van der Waals surface area contributed by atoms with Gasteiger partial charge in [0.05, 0.1) is 0 Å². The highest BCUT2D eigenvalue weighted by Crippen LogP contribution is 2.42. The smallest absolute Gasteiger partial charge is 0.00773 e. The van der Waals surface area contributed by atoms with E-state index in [4.69, 9.17) is 5.73 Å². The Hall–Kier alpha value is -0.0400. The molecule has 35 heavy (non-hydrogen) atoms. The molecule has 0 saturated carbocycles. The lowest BCUT2D eigenvalue weighted by molar-refractivity contribution is 0.171. The van der Waals surface area contributed by atoms with E-state index in [2.05, 4.69) is 20.8 Å². The van der Waals surface area contributed by atoms with Crippen LogP contribution in [0.25, 0.3) is 0 Å². The van der Waals surface area contributed by atoms with Crippen molar-refractivity contribution in [3.63, 3.8) is 0 Å². The maximum absolute atomic E-state index is 5.66. The van der Waals surface area contributed by atoms with E-state index < -0.39 is 0 Å². The van der Waals surface area contributed by atoms with Crippen molar-refractivity contribution in [2.45, 2.75) is 207 Å². The number of hydrogen-bond donors (Lipinski definition) is 1. The molecule has 0 atom stereocenters. The standard InChI is InChI=1S/C34H71N/c1-4-7-10-13-19-24-29-34(30-25-20-14-11-8-5-2,31-26-21-15-12-9-6-3)32-27-22-17-16-18-23-28-33-35/h4-33,35H2,1-3H3. The Bertz CT molecular complexity index is 336. The molecule has 0 bridgehead atoms. The molecule has 0 aliphatic carbocycles. The second kappa shape index (κ2) is 28.5. The van der Waals surface area contributed by atoms with Crippen LogP contribution in [0.1, 0.15) is 207 Å². The van der Waals surface area contributed by atoms with Crippen molar-refractivity contribution in [3.05, 3.63) is 0 Å². The van der Waals surface area contributed by atoms with Gasteiger partial charge in [-0.1, -0.05) is 175 Å². The summed E-state index contributed by atoms with van der Waals surface area (Å²) in [7, 11) is 0. The van der Waals surface area contributed by atoms with Gasteiger partial charge in [-0.15, -0.1) is 0 Å². The average Bonchev–Trinajstić information content (AvgIpc) is 2.87. The van der Waals surface area contributed by atoms with Crippen LogP contribution in [0.15, 0.2) is 0 Å². The van der Waals surface area contributed by atoms with E-state index >= 15 is 0 Å². The van der Waals surface area contributed by atoms with Crippen LogP contribution in [0.2, 0.25) is 0 Å². The number of unbranched alkanes of at least 4 members (excludes halogenated alkanes) is 21. The summed E-state index contributed by atoms with van der Waals surface area (Å²) >= 11 is 0. The highest BCUT2D eigenvalue weighted by Gasteiger charge is 2.28. The quantitative estimate of drug-likeness (QED) is 0.0989. The van der Waals surface area contributed by atoms with Gasteiger partial charge in [0.1, 0.15) is 0 Å². The van der Waals surface area contributed by atoms with Crippen molar-refractivity contribution >= 4 is 0 Å². The fourth-order valence-corrected chi connectivity index (χ4v) is 6.12. The second-order valence-corrected chi connectivity index (χ2v) is 12.1. The third-order valence-corrected chi connectivity index (χ3v) is 8.59. The molecule has 0 rings (SSSR count). The first kappa shape index (κ1) is 35.0. The molecule has 0 aliphatic rings. The highest BCUT2D eigenvalue weighted by molar-refractivity contribution is 4.80. The van der Waals surface area contributed by atoms with E-state index in [9.17, 15) is 0 Å². The van der Waals surface area contributed by atoms with Crippen molar-refractivity contribution < 1.29 is 0 Å². The van der Waals surface area contributed by atoms with E-state index in [0.717, 1.165) is 6.54 Å². The molecule has 0 spiro atoms. The summed E-state index contributed by atoms with van der Waals surface area (Å²) in [4.78, 5) is 0. The lowest BCUT2D eigenvalue weighted by Gasteiger charge is -2.35. The Morgan fingerprint density at radius 2 is 0.543 bits per heavy atom. The monoisotopic (exact) mass is 494 g/mol. The molecule has 0 aromatic rings. The Kier molecular flexibility index (Phi) is 28.5. The summed E-state index contributed by atoms with van der Waals surface area (Å²) in [5.41, 5.74) is 6.33. The minimum Gasteiger partial charge on any atom is -0.330 e. The number of rotatable bonds is 30. The van der Waals surface area contributed by atoms with Crippen LogP contribution in [-0.4, -0.2) is 6.54 Å². The number of nitrogens with two attached hydrogens (primary N) is 1. The zero-order chi connectivity index (χ0) is 25.7. The Balaban J connectivity index is 4.74. The molecule has 0 radical (unpaired) electrons. The molecule has 0 saturated heterocycles. The summed E-state index contributed by atoms with van der Waals surface area (Å²) in [6.45, 7) is 7.89. The van der Waals surface area contributed by atoms with Gasteiger partial charge < -0.3 is 5.73 Å². The molecule has 2 N–H and O–H groups in total. The third-order valence-electron chi connectivity index (χ3n) is 8.59. The molecule has 0 heterocycles. The van der Waals surface area contributed by atoms with Crippen molar-refractivity contribution in [3.8, 4) is 0 Å². The minimum atomic E-state index is 0.666. The molecule has 1 nitrogen and oxygen atoms in total. The van der Waals surface area contributed by atoms with Crippen molar-refractivity contribution in [2.75, 3.05) is 6.54 Å². The Morgan fingerprint density at radius 3 is 0.800 bits per heavy atom. The van der Waals surface area contributed by atoms with E-state index in [-0.39, 0.29) is 0 Å². The van der Waals surface area contributed by atoms with Crippen LogP contribution in [0, 0.1) is 5.41 Å². The summed E-state index contributed by atoms with van der Waals surface area (Å²) < 4.78 is 0. The van der Waals surface area contributed by atoms with Gasteiger partial charge in [-0.3, -0.25) is 0 Å². The van der Waals surface area contributed by atoms with Crippen LogP contribution in [0.3, 0.4) is 0 Å². The molecule has 212 valence electrons. The van der Waals surface area contributed by atoms with Crippen LogP contribution >= 0.6 is 0 Å². The second-order valence-electron chi connectivity index (χ2n) is 12.1. The molecular weight excluding hydrogens is 422 g/mol. The molecular formula is C34H71N. The SMILES string of the molecule is CCCCCCCCC(CCCCCCCC)(CCCCCCCC)CCCCCCCCCN. The predicted octanol–water partition coefficient (Wildman–Crippen LogP) is 12.3. The van der Waals surface area contributed by atoms with Crippen molar-refractivity contribution in [2.24, 2.45) is 11.1 Å². The normalized spacial score (nSPS) is 12.0. The zero-order valence-electron chi connectivity index (χ0n) is 25.3. The van der Waals surface area contributed by atoms with Crippen molar-refractivity contribution in [1.82, 2.24) is 0 Å². The van der Waals surface area contributed by atoms with Crippen molar-refractivity contribution in [1.29, 1.82) is 0 Å². The fraction of sp³-hybridized carbons (Fsp3) is 1.00. The predicted molar refractivity (Wildman–Crippen MR) is 162 cm³/mol. The maximum atomic E-state index is 5.66. The van der Waals surface area contributed by atoms with Gasteiger partial charge in [-0.05, 0) is 44.1 Å². The highest BCUT2D eigenvalue weighted by atomic mass is 14.5. The van der Waals surface area contributed by atoms with Crippen LogP contribution < -0.4 is 5.73 Å². The fourth-order valence-electron chi connectivity index (χ4n) is 6.12. The summed E-state index contributed by atoms with van der Waals surface area (Å²) in [5.74, 6) is 0. The van der Waals surface area contributed by atoms with Gasteiger partial charge in [0.15, 0.2) is 0 Å².